The second-order valence-electron chi connectivity index (χ2n) is 2.42. The molecule has 0 radical (unpaired) electrons. The van der Waals surface area contributed by atoms with Gasteiger partial charge in [0.05, 0.1) is 0 Å². The summed E-state index contributed by atoms with van der Waals surface area (Å²) in [5, 5.41) is 24.6. The highest BCUT2D eigenvalue weighted by Gasteiger charge is 2.15. The Morgan fingerprint density at radius 2 is 1.69 bits per heavy atom. The van der Waals surface area contributed by atoms with Crippen LogP contribution >= 0.6 is 0 Å². The first-order valence-electron chi connectivity index (χ1n) is 3.80. The lowest BCUT2D eigenvalue weighted by Crippen LogP contribution is -2.21. The minimum atomic E-state index is -2.09. The maximum atomic E-state index is 10.6. The van der Waals surface area contributed by atoms with Crippen LogP contribution in [0.3, 0.4) is 0 Å². The number of aliphatic carboxylic acids is 1. The van der Waals surface area contributed by atoms with Crippen molar-refractivity contribution in [1.82, 2.24) is 0 Å². The highest BCUT2D eigenvalue weighted by atomic mass is 16.6. The van der Waals surface area contributed by atoms with Gasteiger partial charge in [-0.05, 0) is 12.8 Å². The van der Waals surface area contributed by atoms with Gasteiger partial charge in [0, 0.05) is 12.8 Å². The molecule has 13 heavy (non-hydrogen) atoms. The van der Waals surface area contributed by atoms with Gasteiger partial charge in [0.1, 0.15) is 0 Å². The molecule has 0 aromatic heterocycles. The third-order valence-corrected chi connectivity index (χ3v) is 1.26. The number of carbonyl (C=O) groups excluding carboxylic acids is 1. The van der Waals surface area contributed by atoms with Crippen LogP contribution in [0.25, 0.3) is 0 Å². The van der Waals surface area contributed by atoms with Crippen LogP contribution in [0.2, 0.25) is 0 Å². The number of carboxylic acids is 1. The molecular weight excluding hydrogens is 179 g/mol. The van der Waals surface area contributed by atoms with Crippen LogP contribution < -0.4 is 0 Å². The van der Waals surface area contributed by atoms with E-state index in [-0.39, 0.29) is 12.8 Å². The van der Waals surface area contributed by atoms with Crippen LogP contribution in [-0.4, -0.2) is 34.4 Å². The van der Waals surface area contributed by atoms with Gasteiger partial charge in [-0.3, -0.25) is 9.59 Å². The van der Waals surface area contributed by atoms with Crippen LogP contribution in [0.5, 0.6) is 0 Å². The first kappa shape index (κ1) is 11.9. The molecule has 0 spiro atoms. The van der Waals surface area contributed by atoms with E-state index in [2.05, 4.69) is 4.65 Å². The largest absolute Gasteiger partial charge is 0.709 e. The molecule has 0 amide bonds. The fraction of sp³-hybridized carbons (Fsp3) is 0.667. The normalized spacial score (nSPS) is 9.38. The van der Waals surface area contributed by atoms with E-state index in [0.717, 1.165) is 0 Å². The highest BCUT2D eigenvalue weighted by Crippen LogP contribution is 2.01. The Morgan fingerprint density at radius 1 is 1.15 bits per heavy atom. The molecule has 0 heterocycles. The van der Waals surface area contributed by atoms with Crippen molar-refractivity contribution in [3.05, 3.63) is 0 Å². The Balaban J connectivity index is 3.32. The molecule has 6 nitrogen and oxygen atoms in total. The van der Waals surface area contributed by atoms with Crippen LogP contribution in [0.1, 0.15) is 25.7 Å². The third-order valence-electron chi connectivity index (χ3n) is 1.26. The van der Waals surface area contributed by atoms with Gasteiger partial charge in [0.15, 0.2) is 0 Å². The van der Waals surface area contributed by atoms with E-state index in [1.807, 2.05) is 0 Å². The minimum Gasteiger partial charge on any atom is -0.485 e. The molecule has 0 rings (SSSR count). The molecule has 3 N–H and O–H groups in total. The molecule has 0 bridgehead atoms. The van der Waals surface area contributed by atoms with Crippen molar-refractivity contribution in [3.8, 4) is 0 Å². The van der Waals surface area contributed by atoms with Gasteiger partial charge in [-0.1, -0.05) is 0 Å². The summed E-state index contributed by atoms with van der Waals surface area (Å²) < 4.78 is 3.98. The number of hydrogen-bond donors (Lipinski definition) is 3. The van der Waals surface area contributed by atoms with Gasteiger partial charge in [-0.15, -0.1) is 0 Å². The minimum absolute atomic E-state index is 0.00500. The van der Waals surface area contributed by atoms with E-state index in [1.54, 1.807) is 0 Å². The quantitative estimate of drug-likeness (QED) is 0.372. The Hall–Kier alpha value is -1.08. The number of carbonyl (C=O) groups is 2. The topological polar surface area (TPSA) is 104 Å². The number of rotatable bonds is 6. The average Bonchev–Trinajstić information content (AvgIpc) is 1.96. The van der Waals surface area contributed by atoms with Crippen LogP contribution in [0.4, 0.5) is 0 Å². The maximum Gasteiger partial charge on any atom is 0.709 e. The van der Waals surface area contributed by atoms with Gasteiger partial charge in [0.25, 0.3) is 5.97 Å². The summed E-state index contributed by atoms with van der Waals surface area (Å²) in [6.45, 7) is 0. The lowest BCUT2D eigenvalue weighted by atomic mass is 10.2. The number of carboxylic acid groups (broad SMARTS) is 1. The predicted octanol–water partition coefficient (Wildman–Crippen LogP) is -0.856. The first-order chi connectivity index (χ1) is 6.02. The molecule has 0 fully saturated rings. The lowest BCUT2D eigenvalue weighted by Gasteiger charge is -2.01. The molecule has 0 saturated carbocycles. The SMILES string of the molecule is O=C(O)CCCCC(=O)OB(O)O. The zero-order chi connectivity index (χ0) is 10.3. The summed E-state index contributed by atoms with van der Waals surface area (Å²) in [5.41, 5.74) is 0. The Bertz CT molecular complexity index is 180. The monoisotopic (exact) mass is 190 g/mol. The fourth-order valence-corrected chi connectivity index (χ4v) is 0.722. The average molecular weight is 190 g/mol. The predicted molar refractivity (Wildman–Crippen MR) is 42.4 cm³/mol. The van der Waals surface area contributed by atoms with E-state index in [4.69, 9.17) is 15.2 Å². The fourth-order valence-electron chi connectivity index (χ4n) is 0.722. The van der Waals surface area contributed by atoms with Crippen molar-refractivity contribution in [3.63, 3.8) is 0 Å². The molecule has 0 atom stereocenters. The van der Waals surface area contributed by atoms with Gasteiger partial charge < -0.3 is 19.8 Å². The second kappa shape index (κ2) is 6.44. The zero-order valence-corrected chi connectivity index (χ0v) is 6.97. The molecule has 0 saturated heterocycles. The molecule has 0 aliphatic rings. The summed E-state index contributed by atoms with van der Waals surface area (Å²) in [6.07, 6.45) is 0.712. The van der Waals surface area contributed by atoms with Crippen molar-refractivity contribution in [2.24, 2.45) is 0 Å². The molecule has 0 aliphatic heterocycles. The van der Waals surface area contributed by atoms with Gasteiger partial charge in [-0.2, -0.15) is 0 Å². The summed E-state index contributed by atoms with van der Waals surface area (Å²) in [5.74, 6) is -1.67. The molecule has 0 aliphatic carbocycles. The van der Waals surface area contributed by atoms with Crippen molar-refractivity contribution < 1.29 is 29.4 Å². The van der Waals surface area contributed by atoms with E-state index in [1.165, 1.54) is 0 Å². The Labute approximate surface area is 75.3 Å². The van der Waals surface area contributed by atoms with Crippen molar-refractivity contribution in [1.29, 1.82) is 0 Å². The van der Waals surface area contributed by atoms with Crippen LogP contribution in [0.15, 0.2) is 0 Å². The highest BCUT2D eigenvalue weighted by molar-refractivity contribution is 6.35. The van der Waals surface area contributed by atoms with E-state index in [9.17, 15) is 9.59 Å². The van der Waals surface area contributed by atoms with Crippen molar-refractivity contribution in [2.45, 2.75) is 25.7 Å². The van der Waals surface area contributed by atoms with Crippen LogP contribution in [0, 0.1) is 0 Å². The van der Waals surface area contributed by atoms with Gasteiger partial charge >= 0.3 is 13.3 Å². The summed E-state index contributed by atoms with van der Waals surface area (Å²) >= 11 is 0. The third kappa shape index (κ3) is 8.83. The van der Waals surface area contributed by atoms with Gasteiger partial charge in [0.2, 0.25) is 0 Å². The second-order valence-corrected chi connectivity index (χ2v) is 2.42. The van der Waals surface area contributed by atoms with E-state index >= 15 is 0 Å². The Kier molecular flexibility index (Phi) is 5.91. The zero-order valence-electron chi connectivity index (χ0n) is 6.97. The summed E-state index contributed by atoms with van der Waals surface area (Å²) in [4.78, 5) is 20.6. The maximum absolute atomic E-state index is 10.6. The van der Waals surface area contributed by atoms with E-state index in [0.29, 0.717) is 12.8 Å². The van der Waals surface area contributed by atoms with Gasteiger partial charge in [-0.25, -0.2) is 0 Å². The summed E-state index contributed by atoms with van der Waals surface area (Å²) in [7, 11) is -2.09. The number of unbranched alkanes of at least 4 members (excludes halogenated alkanes) is 1. The van der Waals surface area contributed by atoms with E-state index < -0.39 is 19.3 Å². The van der Waals surface area contributed by atoms with Crippen molar-refractivity contribution in [2.75, 3.05) is 0 Å². The molecular formula is C6H11BO6. The van der Waals surface area contributed by atoms with Crippen LogP contribution in [-0.2, 0) is 14.2 Å². The molecule has 0 aromatic rings. The first-order valence-corrected chi connectivity index (χ1v) is 3.80. The smallest absolute Gasteiger partial charge is 0.485 e. The molecule has 0 aromatic carbocycles. The molecule has 74 valence electrons. The summed E-state index contributed by atoms with van der Waals surface area (Å²) in [6, 6.07) is 0. The number of hydrogen-bond acceptors (Lipinski definition) is 5. The molecule has 0 unspecified atom stereocenters. The lowest BCUT2D eigenvalue weighted by molar-refractivity contribution is -0.139. The van der Waals surface area contributed by atoms with Crippen molar-refractivity contribution >= 4 is 19.3 Å². The standard InChI is InChI=1S/C6H11BO6/c8-5(9)3-1-2-4-6(10)13-7(11)12/h11-12H,1-4H2,(H,8,9). The molecule has 7 heteroatoms. The Morgan fingerprint density at radius 3 is 2.15 bits per heavy atom.